The summed E-state index contributed by atoms with van der Waals surface area (Å²) in [5, 5.41) is 11.9. The number of carbonyl (C=O) groups is 2. The van der Waals surface area contributed by atoms with E-state index in [4.69, 9.17) is 4.74 Å². The van der Waals surface area contributed by atoms with Crippen molar-refractivity contribution in [3.8, 4) is 5.75 Å². The molecule has 1 N–H and O–H groups in total. The maximum Gasteiger partial charge on any atom is 0.234 e. The Kier molecular flexibility index (Phi) is 7.83. The van der Waals surface area contributed by atoms with E-state index in [0.29, 0.717) is 28.8 Å². The number of nitrogens with zero attached hydrogens (tertiary/aromatic N) is 3. The van der Waals surface area contributed by atoms with Crippen LogP contribution in [-0.2, 0) is 17.9 Å². The molecule has 0 bridgehead atoms. The topological polar surface area (TPSA) is 86.1 Å². The molecule has 0 radical (unpaired) electrons. The molecule has 32 heavy (non-hydrogen) atoms. The molecule has 0 saturated carbocycles. The van der Waals surface area contributed by atoms with E-state index in [0.717, 1.165) is 16.9 Å². The van der Waals surface area contributed by atoms with Crippen LogP contribution in [0.5, 0.6) is 5.75 Å². The Balaban J connectivity index is 1.61. The second-order valence-corrected chi connectivity index (χ2v) is 8.27. The number of ether oxygens (including phenoxy) is 1. The van der Waals surface area contributed by atoms with Crippen molar-refractivity contribution in [2.75, 3.05) is 11.1 Å². The first-order valence-electron chi connectivity index (χ1n) is 10.1. The number of carbonyl (C=O) groups excluding carboxylic acids is 2. The molecule has 1 heterocycles. The van der Waals surface area contributed by atoms with Gasteiger partial charge in [-0.2, -0.15) is 0 Å². The first-order chi connectivity index (χ1) is 15.4. The molecule has 3 aromatic rings. The smallest absolute Gasteiger partial charge is 0.234 e. The molecule has 0 fully saturated rings. The Morgan fingerprint density at radius 1 is 1.16 bits per heavy atom. The third-order valence-electron chi connectivity index (χ3n) is 4.71. The van der Waals surface area contributed by atoms with Gasteiger partial charge < -0.3 is 10.1 Å². The van der Waals surface area contributed by atoms with Gasteiger partial charge in [-0.25, -0.2) is 0 Å². The molecule has 0 aliphatic heterocycles. The van der Waals surface area contributed by atoms with Gasteiger partial charge in [0, 0.05) is 17.8 Å². The molecule has 166 valence electrons. The number of hydrogen-bond acceptors (Lipinski definition) is 6. The molecule has 0 aliphatic rings. The summed E-state index contributed by atoms with van der Waals surface area (Å²) >= 11 is 1.29. The first-order valence-corrected chi connectivity index (χ1v) is 11.1. The van der Waals surface area contributed by atoms with Crippen molar-refractivity contribution >= 4 is 29.1 Å². The zero-order valence-electron chi connectivity index (χ0n) is 18.4. The van der Waals surface area contributed by atoms with Crippen LogP contribution in [0.2, 0.25) is 0 Å². The highest BCUT2D eigenvalue weighted by Gasteiger charge is 2.15. The second kappa shape index (κ2) is 10.8. The van der Waals surface area contributed by atoms with Crippen LogP contribution in [0.3, 0.4) is 0 Å². The summed E-state index contributed by atoms with van der Waals surface area (Å²) in [6, 6.07) is 12.9. The Bertz CT molecular complexity index is 1120. The Hall–Kier alpha value is -3.39. The van der Waals surface area contributed by atoms with E-state index in [2.05, 4.69) is 22.1 Å². The van der Waals surface area contributed by atoms with Crippen molar-refractivity contribution in [3.63, 3.8) is 0 Å². The lowest BCUT2D eigenvalue weighted by Gasteiger charge is -2.11. The summed E-state index contributed by atoms with van der Waals surface area (Å²) in [6.45, 7) is 10.1. The summed E-state index contributed by atoms with van der Waals surface area (Å²) in [5.74, 6) is 1.45. The summed E-state index contributed by atoms with van der Waals surface area (Å²) in [6.07, 6.45) is 1.76. The number of amides is 1. The quantitative estimate of drug-likeness (QED) is 0.276. The van der Waals surface area contributed by atoms with Crippen LogP contribution in [0.4, 0.5) is 5.69 Å². The standard InChI is InChI=1S/C24H26N4O3S/c1-5-12-28-22(14-31-21-13-16(2)6-7-17(21)3)26-27-24(28)32-15-23(30)25-20-10-8-19(9-11-20)18(4)29/h5-11,13H,1,12,14-15H2,2-4H3,(H,25,30). The van der Waals surface area contributed by atoms with E-state index in [1.807, 2.05) is 36.6 Å². The molecule has 0 aliphatic carbocycles. The number of hydrogen-bond donors (Lipinski definition) is 1. The molecule has 0 atom stereocenters. The van der Waals surface area contributed by atoms with Gasteiger partial charge in [0.25, 0.3) is 0 Å². The Morgan fingerprint density at radius 2 is 1.91 bits per heavy atom. The first kappa shape index (κ1) is 23.3. The molecule has 0 unspecified atom stereocenters. The molecule has 7 nitrogen and oxygen atoms in total. The monoisotopic (exact) mass is 450 g/mol. The highest BCUT2D eigenvalue weighted by molar-refractivity contribution is 7.99. The number of aromatic nitrogens is 3. The fraction of sp³-hybridized carbons (Fsp3) is 0.250. The van der Waals surface area contributed by atoms with Gasteiger partial charge in [-0.3, -0.25) is 14.2 Å². The van der Waals surface area contributed by atoms with Gasteiger partial charge in [0.15, 0.2) is 16.8 Å². The number of benzene rings is 2. The van der Waals surface area contributed by atoms with Crippen LogP contribution in [0.25, 0.3) is 0 Å². The predicted molar refractivity (Wildman–Crippen MR) is 126 cm³/mol. The minimum absolute atomic E-state index is 0.0164. The summed E-state index contributed by atoms with van der Waals surface area (Å²) in [5.41, 5.74) is 3.41. The van der Waals surface area contributed by atoms with Crippen molar-refractivity contribution in [2.24, 2.45) is 0 Å². The average Bonchev–Trinajstić information content (AvgIpc) is 3.15. The molecule has 8 heteroatoms. The molecular formula is C24H26N4O3S. The number of thioether (sulfide) groups is 1. The lowest BCUT2D eigenvalue weighted by atomic mass is 10.1. The van der Waals surface area contributed by atoms with Crippen molar-refractivity contribution in [1.82, 2.24) is 14.8 Å². The van der Waals surface area contributed by atoms with E-state index < -0.39 is 0 Å². The number of anilines is 1. The van der Waals surface area contributed by atoms with E-state index in [-0.39, 0.29) is 24.1 Å². The molecular weight excluding hydrogens is 424 g/mol. The third kappa shape index (κ3) is 6.07. The lowest BCUT2D eigenvalue weighted by molar-refractivity contribution is -0.113. The zero-order chi connectivity index (χ0) is 23.1. The molecule has 1 aromatic heterocycles. The molecule has 1 amide bonds. The van der Waals surface area contributed by atoms with Gasteiger partial charge >= 0.3 is 0 Å². The van der Waals surface area contributed by atoms with Gasteiger partial charge in [0.05, 0.1) is 5.75 Å². The van der Waals surface area contributed by atoms with Crippen LogP contribution in [0.1, 0.15) is 34.2 Å². The van der Waals surface area contributed by atoms with Crippen LogP contribution >= 0.6 is 11.8 Å². The predicted octanol–water partition coefficient (Wildman–Crippen LogP) is 4.59. The Morgan fingerprint density at radius 3 is 2.59 bits per heavy atom. The lowest BCUT2D eigenvalue weighted by Crippen LogP contribution is -2.15. The van der Waals surface area contributed by atoms with Crippen LogP contribution < -0.4 is 10.1 Å². The highest BCUT2D eigenvalue weighted by atomic mass is 32.2. The van der Waals surface area contributed by atoms with E-state index in [1.165, 1.54) is 18.7 Å². The average molecular weight is 451 g/mol. The van der Waals surface area contributed by atoms with E-state index >= 15 is 0 Å². The van der Waals surface area contributed by atoms with Crippen LogP contribution in [0.15, 0.2) is 60.3 Å². The number of ketones is 1. The number of allylic oxidation sites excluding steroid dienone is 1. The molecule has 2 aromatic carbocycles. The number of rotatable bonds is 10. The fourth-order valence-corrected chi connectivity index (χ4v) is 3.73. The van der Waals surface area contributed by atoms with Gasteiger partial charge in [0.1, 0.15) is 12.4 Å². The maximum absolute atomic E-state index is 12.4. The third-order valence-corrected chi connectivity index (χ3v) is 5.68. The second-order valence-electron chi connectivity index (χ2n) is 7.33. The number of nitrogens with one attached hydrogen (secondary N) is 1. The van der Waals surface area contributed by atoms with E-state index in [9.17, 15) is 9.59 Å². The minimum Gasteiger partial charge on any atom is -0.485 e. The van der Waals surface area contributed by atoms with Gasteiger partial charge in [-0.05, 0) is 62.2 Å². The van der Waals surface area contributed by atoms with Gasteiger partial charge in [-0.15, -0.1) is 16.8 Å². The highest BCUT2D eigenvalue weighted by Crippen LogP contribution is 2.22. The summed E-state index contributed by atoms with van der Waals surface area (Å²) in [7, 11) is 0. The van der Waals surface area contributed by atoms with Gasteiger partial charge in [-0.1, -0.05) is 30.0 Å². The number of Topliss-reactive ketones (excluding diaryl/α,β-unsaturated/α-hetero) is 1. The van der Waals surface area contributed by atoms with Crippen molar-refractivity contribution in [3.05, 3.63) is 77.6 Å². The zero-order valence-corrected chi connectivity index (χ0v) is 19.2. The largest absolute Gasteiger partial charge is 0.485 e. The van der Waals surface area contributed by atoms with Crippen molar-refractivity contribution in [1.29, 1.82) is 0 Å². The normalized spacial score (nSPS) is 10.6. The number of aryl methyl sites for hydroxylation is 2. The Labute approximate surface area is 191 Å². The van der Waals surface area contributed by atoms with Crippen molar-refractivity contribution in [2.45, 2.75) is 39.1 Å². The SMILES string of the molecule is C=CCn1c(COc2cc(C)ccc2C)nnc1SCC(=O)Nc1ccc(C(C)=O)cc1. The maximum atomic E-state index is 12.4. The van der Waals surface area contributed by atoms with Gasteiger partial charge in [0.2, 0.25) is 5.91 Å². The molecule has 3 rings (SSSR count). The van der Waals surface area contributed by atoms with E-state index in [1.54, 1.807) is 30.3 Å². The molecule has 0 spiro atoms. The van der Waals surface area contributed by atoms with Crippen LogP contribution in [0, 0.1) is 13.8 Å². The fourth-order valence-electron chi connectivity index (χ4n) is 2.97. The van der Waals surface area contributed by atoms with Crippen LogP contribution in [-0.4, -0.2) is 32.2 Å². The summed E-state index contributed by atoms with van der Waals surface area (Å²) < 4.78 is 7.85. The minimum atomic E-state index is -0.174. The van der Waals surface area contributed by atoms with Crippen molar-refractivity contribution < 1.29 is 14.3 Å². The summed E-state index contributed by atoms with van der Waals surface area (Å²) in [4.78, 5) is 23.7. The molecule has 0 saturated heterocycles.